The maximum atomic E-state index is 13.7. The Kier molecular flexibility index (Phi) is 6.20. The molecule has 1 saturated heterocycles. The number of rotatable bonds is 5. The van der Waals surface area contributed by atoms with Gasteiger partial charge < -0.3 is 19.5 Å². The molecule has 1 atom stereocenters. The number of nitrogens with one attached hydrogen (secondary N) is 1. The lowest BCUT2D eigenvalue weighted by atomic mass is 9.95. The van der Waals surface area contributed by atoms with Gasteiger partial charge in [0, 0.05) is 54.2 Å². The third-order valence-electron chi connectivity index (χ3n) is 7.21. The molecule has 2 fully saturated rings. The molecule has 1 aliphatic carbocycles. The molecular weight excluding hydrogens is 414 g/mol. The van der Waals surface area contributed by atoms with Crippen LogP contribution in [0.4, 0.5) is 5.95 Å². The zero-order chi connectivity index (χ0) is 22.8. The Bertz CT molecular complexity index is 1120. The number of carbonyl (C=O) groups excluding carboxylic acids is 1. The number of piperidine rings is 1. The lowest BCUT2D eigenvalue weighted by molar-refractivity contribution is 0.0933. The van der Waals surface area contributed by atoms with Gasteiger partial charge in [-0.15, -0.1) is 0 Å². The van der Waals surface area contributed by atoms with E-state index in [4.69, 9.17) is 4.74 Å². The van der Waals surface area contributed by atoms with Crippen molar-refractivity contribution in [1.29, 1.82) is 0 Å². The summed E-state index contributed by atoms with van der Waals surface area (Å²) in [5, 5.41) is 4.31. The second-order valence-electron chi connectivity index (χ2n) is 9.31. The predicted octanol–water partition coefficient (Wildman–Crippen LogP) is 4.65. The smallest absolute Gasteiger partial charge is 0.254 e. The fourth-order valence-corrected chi connectivity index (χ4v) is 5.63. The maximum Gasteiger partial charge on any atom is 0.254 e. The lowest BCUT2D eigenvalue weighted by Gasteiger charge is -2.33. The van der Waals surface area contributed by atoms with Crippen LogP contribution in [0.15, 0.2) is 36.7 Å². The molecule has 0 radical (unpaired) electrons. The van der Waals surface area contributed by atoms with E-state index in [0.717, 1.165) is 59.8 Å². The van der Waals surface area contributed by atoms with E-state index in [0.29, 0.717) is 6.04 Å². The SMILES string of the molecule is COc1ccc2c(c1)c(C(=O)NC1CCCN(c3ncccn3)C1)c(C)n2C1CCCCC1. The van der Waals surface area contributed by atoms with Crippen molar-refractivity contribution in [3.8, 4) is 5.75 Å². The molecule has 1 amide bonds. The van der Waals surface area contributed by atoms with Gasteiger partial charge in [-0.1, -0.05) is 19.3 Å². The van der Waals surface area contributed by atoms with Crippen molar-refractivity contribution in [2.75, 3.05) is 25.1 Å². The summed E-state index contributed by atoms with van der Waals surface area (Å²) in [5.41, 5.74) is 2.97. The molecule has 2 aromatic heterocycles. The van der Waals surface area contributed by atoms with E-state index in [9.17, 15) is 4.79 Å². The van der Waals surface area contributed by atoms with Crippen molar-refractivity contribution in [3.63, 3.8) is 0 Å². The Morgan fingerprint density at radius 1 is 1.09 bits per heavy atom. The average molecular weight is 448 g/mol. The van der Waals surface area contributed by atoms with Gasteiger partial charge in [-0.25, -0.2) is 9.97 Å². The Morgan fingerprint density at radius 2 is 1.88 bits per heavy atom. The second kappa shape index (κ2) is 9.41. The summed E-state index contributed by atoms with van der Waals surface area (Å²) in [7, 11) is 1.67. The minimum absolute atomic E-state index is 0.00106. The molecule has 0 spiro atoms. The summed E-state index contributed by atoms with van der Waals surface area (Å²) in [4.78, 5) is 24.6. The van der Waals surface area contributed by atoms with E-state index in [2.05, 4.69) is 37.7 Å². The van der Waals surface area contributed by atoms with Gasteiger partial charge >= 0.3 is 0 Å². The van der Waals surface area contributed by atoms with Gasteiger partial charge in [0.2, 0.25) is 5.95 Å². The molecule has 1 aliphatic heterocycles. The van der Waals surface area contributed by atoms with Gasteiger partial charge in [-0.2, -0.15) is 0 Å². The summed E-state index contributed by atoms with van der Waals surface area (Å²) < 4.78 is 7.91. The number of aromatic nitrogens is 3. The lowest BCUT2D eigenvalue weighted by Crippen LogP contribution is -2.48. The first kappa shape index (κ1) is 21.7. The molecule has 7 nitrogen and oxygen atoms in total. The van der Waals surface area contributed by atoms with Gasteiger partial charge in [-0.05, 0) is 56.9 Å². The highest BCUT2D eigenvalue weighted by atomic mass is 16.5. The molecule has 174 valence electrons. The highest BCUT2D eigenvalue weighted by Gasteiger charge is 2.28. The fourth-order valence-electron chi connectivity index (χ4n) is 5.63. The predicted molar refractivity (Wildman–Crippen MR) is 130 cm³/mol. The van der Waals surface area contributed by atoms with Crippen LogP contribution in [0, 0.1) is 6.92 Å². The summed E-state index contributed by atoms with van der Waals surface area (Å²) in [6, 6.07) is 8.47. The first-order chi connectivity index (χ1) is 16.2. The minimum Gasteiger partial charge on any atom is -0.497 e. The number of ether oxygens (including phenoxy) is 1. The molecule has 1 N–H and O–H groups in total. The van der Waals surface area contributed by atoms with E-state index in [1.807, 2.05) is 18.2 Å². The van der Waals surface area contributed by atoms with Crippen molar-refractivity contribution in [3.05, 3.63) is 47.9 Å². The van der Waals surface area contributed by atoms with Gasteiger partial charge in [-0.3, -0.25) is 4.79 Å². The van der Waals surface area contributed by atoms with E-state index in [-0.39, 0.29) is 11.9 Å². The van der Waals surface area contributed by atoms with Crippen LogP contribution >= 0.6 is 0 Å². The quantitative estimate of drug-likeness (QED) is 0.616. The van der Waals surface area contributed by atoms with Crippen LogP contribution in [-0.2, 0) is 0 Å². The second-order valence-corrected chi connectivity index (χ2v) is 9.31. The van der Waals surface area contributed by atoms with Gasteiger partial charge in [0.1, 0.15) is 5.75 Å². The van der Waals surface area contributed by atoms with E-state index in [1.165, 1.54) is 32.1 Å². The zero-order valence-electron chi connectivity index (χ0n) is 19.6. The Morgan fingerprint density at radius 3 is 2.64 bits per heavy atom. The number of methoxy groups -OCH3 is 1. The number of benzene rings is 1. The summed E-state index contributed by atoms with van der Waals surface area (Å²) in [6.07, 6.45) is 11.6. The molecule has 7 heteroatoms. The molecule has 3 heterocycles. The maximum absolute atomic E-state index is 13.7. The highest BCUT2D eigenvalue weighted by Crippen LogP contribution is 2.37. The highest BCUT2D eigenvalue weighted by molar-refractivity contribution is 6.09. The van der Waals surface area contributed by atoms with Crippen LogP contribution in [0.25, 0.3) is 10.9 Å². The van der Waals surface area contributed by atoms with Crippen LogP contribution < -0.4 is 15.0 Å². The zero-order valence-corrected chi connectivity index (χ0v) is 19.6. The van der Waals surface area contributed by atoms with Crippen LogP contribution in [0.5, 0.6) is 5.75 Å². The summed E-state index contributed by atoms with van der Waals surface area (Å²) in [5.74, 6) is 1.51. The number of carbonyl (C=O) groups is 1. The third-order valence-corrected chi connectivity index (χ3v) is 7.21. The standard InChI is InChI=1S/C26H33N5O2/c1-18-24(25(32)29-19-8-6-15-30(17-19)26-27-13-7-14-28-26)22-16-21(33-2)11-12-23(22)31(18)20-9-4-3-5-10-20/h7,11-14,16,19-20H,3-6,8-10,15,17H2,1-2H3,(H,29,32). The average Bonchev–Trinajstić information content (AvgIpc) is 3.16. The number of fused-ring (bicyclic) bond motifs is 1. The molecule has 33 heavy (non-hydrogen) atoms. The number of amides is 1. The molecule has 0 bridgehead atoms. The third kappa shape index (κ3) is 4.28. The Hall–Kier alpha value is -3.09. The van der Waals surface area contributed by atoms with Crippen LogP contribution in [-0.4, -0.2) is 46.7 Å². The molecule has 2 aliphatic rings. The first-order valence-corrected chi connectivity index (χ1v) is 12.2. The van der Waals surface area contributed by atoms with Crippen molar-refractivity contribution in [2.24, 2.45) is 0 Å². The van der Waals surface area contributed by atoms with Crippen molar-refractivity contribution < 1.29 is 9.53 Å². The van der Waals surface area contributed by atoms with Crippen LogP contribution in [0.2, 0.25) is 0 Å². The molecule has 5 rings (SSSR count). The van der Waals surface area contributed by atoms with E-state index < -0.39 is 0 Å². The minimum atomic E-state index is 0.00106. The monoisotopic (exact) mass is 447 g/mol. The van der Waals surface area contributed by atoms with Crippen molar-refractivity contribution >= 4 is 22.8 Å². The van der Waals surface area contributed by atoms with Crippen molar-refractivity contribution in [2.45, 2.75) is 64.0 Å². The van der Waals surface area contributed by atoms with Gasteiger partial charge in [0.25, 0.3) is 5.91 Å². The van der Waals surface area contributed by atoms with E-state index in [1.54, 1.807) is 19.5 Å². The number of anilines is 1. The number of nitrogens with zero attached hydrogens (tertiary/aromatic N) is 4. The Labute approximate surface area is 195 Å². The number of hydrogen-bond donors (Lipinski definition) is 1. The van der Waals surface area contributed by atoms with Gasteiger partial charge in [0.15, 0.2) is 0 Å². The molecular formula is C26H33N5O2. The molecule has 3 aromatic rings. The van der Waals surface area contributed by atoms with Gasteiger partial charge in [0.05, 0.1) is 12.7 Å². The largest absolute Gasteiger partial charge is 0.497 e. The Balaban J connectivity index is 1.44. The molecule has 1 aromatic carbocycles. The summed E-state index contributed by atoms with van der Waals surface area (Å²) >= 11 is 0. The van der Waals surface area contributed by atoms with E-state index >= 15 is 0 Å². The normalized spacial score (nSPS) is 19.6. The first-order valence-electron chi connectivity index (χ1n) is 12.2. The molecule has 1 unspecified atom stereocenters. The summed E-state index contributed by atoms with van der Waals surface area (Å²) in [6.45, 7) is 3.73. The fraction of sp³-hybridized carbons (Fsp3) is 0.500. The molecule has 1 saturated carbocycles. The van der Waals surface area contributed by atoms with Crippen molar-refractivity contribution in [1.82, 2.24) is 19.9 Å². The van der Waals surface area contributed by atoms with Crippen LogP contribution in [0.3, 0.4) is 0 Å². The topological polar surface area (TPSA) is 72.3 Å². The van der Waals surface area contributed by atoms with Crippen LogP contribution in [0.1, 0.15) is 67.0 Å². The number of hydrogen-bond acceptors (Lipinski definition) is 5.